The molecule has 0 aliphatic rings. The van der Waals surface area contributed by atoms with Crippen LogP contribution in [-0.4, -0.2) is 42.9 Å². The van der Waals surface area contributed by atoms with E-state index < -0.39 is 11.9 Å². The van der Waals surface area contributed by atoms with Crippen LogP contribution in [0.3, 0.4) is 0 Å². The van der Waals surface area contributed by atoms with Crippen molar-refractivity contribution in [2.45, 2.75) is 0 Å². The molecule has 2 N–H and O–H groups in total. The zero-order valence-electron chi connectivity index (χ0n) is 12.9. The van der Waals surface area contributed by atoms with Gasteiger partial charge >= 0.3 is 11.9 Å². The van der Waals surface area contributed by atoms with Gasteiger partial charge in [-0.2, -0.15) is 0 Å². The third-order valence-electron chi connectivity index (χ3n) is 3.52. The molecule has 0 saturated carbocycles. The van der Waals surface area contributed by atoms with Crippen molar-refractivity contribution in [3.05, 3.63) is 59.7 Å². The molecule has 23 heavy (non-hydrogen) atoms. The van der Waals surface area contributed by atoms with Gasteiger partial charge in [-0.15, -0.1) is 0 Å². The molecular formula is C17H18N2O4. The maximum absolute atomic E-state index is 11.3. The summed E-state index contributed by atoms with van der Waals surface area (Å²) in [6.07, 6.45) is 0. The summed E-state index contributed by atoms with van der Waals surface area (Å²) in [5.41, 5.74) is 1.55. The Bertz CT molecular complexity index is 669. The summed E-state index contributed by atoms with van der Waals surface area (Å²) in [6.45, 7) is 0.342. The van der Waals surface area contributed by atoms with Gasteiger partial charge in [-0.05, 0) is 24.3 Å². The first kappa shape index (κ1) is 16.4. The standard InChI is InChI=1S/C17H18N2O4/c1-18(14-9-5-3-7-12(14)16(20)21)11-19(2)15-10-6-4-8-13(15)17(22)23/h3-10H,11H2,1-2H3,(H,20,21)(H,22,23). The maximum Gasteiger partial charge on any atom is 0.337 e. The monoisotopic (exact) mass is 314 g/mol. The van der Waals surface area contributed by atoms with Gasteiger partial charge in [-0.25, -0.2) is 9.59 Å². The summed E-state index contributed by atoms with van der Waals surface area (Å²) in [5.74, 6) is -2.00. The second kappa shape index (κ2) is 6.83. The van der Waals surface area contributed by atoms with Crippen molar-refractivity contribution in [3.8, 4) is 0 Å². The van der Waals surface area contributed by atoms with Crippen LogP contribution in [0, 0.1) is 0 Å². The Hall–Kier alpha value is -3.02. The smallest absolute Gasteiger partial charge is 0.337 e. The zero-order chi connectivity index (χ0) is 17.0. The minimum absolute atomic E-state index is 0.204. The molecule has 0 amide bonds. The van der Waals surface area contributed by atoms with Crippen molar-refractivity contribution in [1.29, 1.82) is 0 Å². The van der Waals surface area contributed by atoms with Gasteiger partial charge in [0.2, 0.25) is 0 Å². The fourth-order valence-electron chi connectivity index (χ4n) is 2.45. The Balaban J connectivity index is 2.26. The summed E-state index contributed by atoms with van der Waals surface area (Å²) in [6, 6.07) is 13.4. The topological polar surface area (TPSA) is 81.1 Å². The third kappa shape index (κ3) is 3.60. The molecule has 0 aliphatic heterocycles. The molecule has 2 aromatic rings. The number of hydrogen-bond donors (Lipinski definition) is 2. The molecule has 0 radical (unpaired) electrons. The second-order valence-corrected chi connectivity index (χ2v) is 5.18. The van der Waals surface area contributed by atoms with E-state index in [0.717, 1.165) is 0 Å². The van der Waals surface area contributed by atoms with E-state index in [1.165, 1.54) is 0 Å². The number of carboxylic acids is 2. The quantitative estimate of drug-likeness (QED) is 0.798. The van der Waals surface area contributed by atoms with E-state index in [1.54, 1.807) is 72.4 Å². The molecule has 120 valence electrons. The average molecular weight is 314 g/mol. The molecule has 0 unspecified atom stereocenters. The number of para-hydroxylation sites is 2. The van der Waals surface area contributed by atoms with Crippen molar-refractivity contribution in [2.24, 2.45) is 0 Å². The summed E-state index contributed by atoms with van der Waals surface area (Å²) in [7, 11) is 3.53. The van der Waals surface area contributed by atoms with E-state index >= 15 is 0 Å². The second-order valence-electron chi connectivity index (χ2n) is 5.18. The molecular weight excluding hydrogens is 296 g/mol. The van der Waals surface area contributed by atoms with Crippen LogP contribution in [0.1, 0.15) is 20.7 Å². The molecule has 2 rings (SSSR count). The Morgan fingerprint density at radius 3 is 1.48 bits per heavy atom. The number of carboxylic acid groups (broad SMARTS) is 2. The molecule has 6 nitrogen and oxygen atoms in total. The number of anilines is 2. The lowest BCUT2D eigenvalue weighted by Gasteiger charge is -2.29. The van der Waals surface area contributed by atoms with Crippen LogP contribution in [-0.2, 0) is 0 Å². The van der Waals surface area contributed by atoms with Gasteiger partial charge in [0.1, 0.15) is 0 Å². The lowest BCUT2D eigenvalue weighted by atomic mass is 10.1. The lowest BCUT2D eigenvalue weighted by Crippen LogP contribution is -2.34. The van der Waals surface area contributed by atoms with Gasteiger partial charge in [0.15, 0.2) is 0 Å². The highest BCUT2D eigenvalue weighted by molar-refractivity contribution is 5.95. The number of aromatic carboxylic acids is 2. The largest absolute Gasteiger partial charge is 0.478 e. The molecule has 2 aromatic carbocycles. The van der Waals surface area contributed by atoms with Crippen LogP contribution in [0.2, 0.25) is 0 Å². The Morgan fingerprint density at radius 1 is 0.783 bits per heavy atom. The Kier molecular flexibility index (Phi) is 4.85. The first-order valence-electron chi connectivity index (χ1n) is 6.98. The van der Waals surface area contributed by atoms with Crippen LogP contribution in [0.5, 0.6) is 0 Å². The summed E-state index contributed by atoms with van der Waals surface area (Å²) in [5, 5.41) is 18.5. The number of rotatable bonds is 6. The van der Waals surface area contributed by atoms with Gasteiger partial charge in [-0.3, -0.25) is 0 Å². The van der Waals surface area contributed by atoms with Gasteiger partial charge in [0.25, 0.3) is 0 Å². The predicted octanol–water partition coefficient (Wildman–Crippen LogP) is 2.61. The normalized spacial score (nSPS) is 10.2. The molecule has 0 fully saturated rings. The molecule has 0 spiro atoms. The number of benzene rings is 2. The summed E-state index contributed by atoms with van der Waals surface area (Å²) >= 11 is 0. The van der Waals surface area contributed by atoms with E-state index in [9.17, 15) is 19.8 Å². The number of nitrogens with zero attached hydrogens (tertiary/aromatic N) is 2. The minimum Gasteiger partial charge on any atom is -0.478 e. The van der Waals surface area contributed by atoms with Gasteiger partial charge in [0, 0.05) is 14.1 Å². The number of carbonyl (C=O) groups is 2. The fourth-order valence-corrected chi connectivity index (χ4v) is 2.45. The van der Waals surface area contributed by atoms with E-state index in [0.29, 0.717) is 18.0 Å². The van der Waals surface area contributed by atoms with Crippen LogP contribution < -0.4 is 9.80 Å². The van der Waals surface area contributed by atoms with Crippen molar-refractivity contribution in [3.63, 3.8) is 0 Å². The summed E-state index contributed by atoms with van der Waals surface area (Å²) in [4.78, 5) is 26.1. The molecule has 0 saturated heterocycles. The van der Waals surface area contributed by atoms with Crippen molar-refractivity contribution < 1.29 is 19.8 Å². The van der Waals surface area contributed by atoms with Gasteiger partial charge < -0.3 is 20.0 Å². The van der Waals surface area contributed by atoms with E-state index in [2.05, 4.69) is 0 Å². The minimum atomic E-state index is -0.999. The van der Waals surface area contributed by atoms with Crippen LogP contribution in [0.4, 0.5) is 11.4 Å². The number of hydrogen-bond acceptors (Lipinski definition) is 4. The first-order chi connectivity index (χ1) is 10.9. The fraction of sp³-hybridized carbons (Fsp3) is 0.176. The van der Waals surface area contributed by atoms with Crippen LogP contribution in [0.15, 0.2) is 48.5 Å². The summed E-state index contributed by atoms with van der Waals surface area (Å²) < 4.78 is 0. The van der Waals surface area contributed by atoms with E-state index in [4.69, 9.17) is 0 Å². The van der Waals surface area contributed by atoms with E-state index in [-0.39, 0.29) is 11.1 Å². The maximum atomic E-state index is 11.3. The SMILES string of the molecule is CN(CN(C)c1ccccc1C(=O)O)c1ccccc1C(=O)O. The van der Waals surface area contributed by atoms with Crippen molar-refractivity contribution >= 4 is 23.3 Å². The third-order valence-corrected chi connectivity index (χ3v) is 3.52. The van der Waals surface area contributed by atoms with Crippen LogP contribution in [0.25, 0.3) is 0 Å². The zero-order valence-corrected chi connectivity index (χ0v) is 12.9. The highest BCUT2D eigenvalue weighted by Crippen LogP contribution is 2.23. The molecule has 0 atom stereocenters. The lowest BCUT2D eigenvalue weighted by molar-refractivity contribution is 0.0687. The van der Waals surface area contributed by atoms with Crippen molar-refractivity contribution in [1.82, 2.24) is 0 Å². The van der Waals surface area contributed by atoms with Gasteiger partial charge in [-0.1, -0.05) is 24.3 Å². The van der Waals surface area contributed by atoms with Gasteiger partial charge in [0.05, 0.1) is 29.2 Å². The van der Waals surface area contributed by atoms with Crippen LogP contribution >= 0.6 is 0 Å². The average Bonchev–Trinajstić information content (AvgIpc) is 2.54. The Morgan fingerprint density at radius 2 is 1.13 bits per heavy atom. The van der Waals surface area contributed by atoms with Crippen molar-refractivity contribution in [2.75, 3.05) is 30.6 Å². The highest BCUT2D eigenvalue weighted by Gasteiger charge is 2.17. The first-order valence-corrected chi connectivity index (χ1v) is 6.98. The molecule has 6 heteroatoms. The predicted molar refractivity (Wildman–Crippen MR) is 88.5 cm³/mol. The molecule has 0 bridgehead atoms. The highest BCUT2D eigenvalue weighted by atomic mass is 16.4. The van der Waals surface area contributed by atoms with E-state index in [1.807, 2.05) is 0 Å². The molecule has 0 heterocycles. The Labute approximate surface area is 134 Å². The molecule has 0 aromatic heterocycles. The molecule has 0 aliphatic carbocycles.